The number of carbonyl (C=O) groups excluding carboxylic acids is 4. The van der Waals surface area contributed by atoms with E-state index in [1.54, 1.807) is 43.2 Å². The topological polar surface area (TPSA) is 232 Å². The fourth-order valence-electron chi connectivity index (χ4n) is 9.24. The molecule has 6 aromatic heterocycles. The molecule has 0 aromatic carbocycles. The van der Waals surface area contributed by atoms with Crippen LogP contribution in [0.15, 0.2) is 73.6 Å². The van der Waals surface area contributed by atoms with Crippen molar-refractivity contribution in [3.63, 3.8) is 0 Å². The largest absolute Gasteiger partial charge is 0.383 e. The average molecular weight is 803 g/mol. The lowest BCUT2D eigenvalue weighted by molar-refractivity contribution is -0.126. The Bertz CT molecular complexity index is 2800. The Balaban J connectivity index is 0.917. The van der Waals surface area contributed by atoms with E-state index in [1.165, 1.54) is 0 Å². The minimum Gasteiger partial charge on any atom is -0.383 e. The van der Waals surface area contributed by atoms with Crippen molar-refractivity contribution < 1.29 is 19.2 Å². The SMILES string of the molecule is Cc1ccncc1-c1cc2cc(NC(=O)[C@@H]3C[C@]34CCNC(=O)C4)ncc2c(NCc2ccncc2-c2cc3cc(NC(=O)C4C[C@@]45CCNC(=O)C5)ncc3c(N)n2)n1. The predicted octanol–water partition coefficient (Wildman–Crippen LogP) is 4.91. The van der Waals surface area contributed by atoms with Gasteiger partial charge in [-0.3, -0.25) is 29.1 Å². The summed E-state index contributed by atoms with van der Waals surface area (Å²) in [6.07, 6.45) is 14.0. The number of pyridine rings is 6. The van der Waals surface area contributed by atoms with Gasteiger partial charge in [-0.15, -0.1) is 0 Å². The summed E-state index contributed by atoms with van der Waals surface area (Å²) in [5.74, 6) is 0.962. The van der Waals surface area contributed by atoms with Gasteiger partial charge < -0.3 is 32.3 Å². The van der Waals surface area contributed by atoms with Crippen molar-refractivity contribution in [1.82, 2.24) is 40.5 Å². The first-order chi connectivity index (χ1) is 29.1. The third-order valence-corrected chi connectivity index (χ3v) is 12.8. The van der Waals surface area contributed by atoms with Gasteiger partial charge in [-0.05, 0) is 102 Å². The number of hydrogen-bond acceptors (Lipinski definition) is 12. The molecule has 60 heavy (non-hydrogen) atoms. The molecule has 4 aliphatic rings. The molecule has 16 nitrogen and oxygen atoms in total. The Morgan fingerprint density at radius 3 is 1.93 bits per heavy atom. The molecule has 2 aliphatic heterocycles. The van der Waals surface area contributed by atoms with Crippen molar-refractivity contribution in [2.24, 2.45) is 22.7 Å². The lowest BCUT2D eigenvalue weighted by Gasteiger charge is -2.22. The first-order valence-electron chi connectivity index (χ1n) is 20.2. The molecule has 4 atom stereocenters. The van der Waals surface area contributed by atoms with Gasteiger partial charge in [0.1, 0.15) is 23.3 Å². The Morgan fingerprint density at radius 1 is 0.750 bits per heavy atom. The van der Waals surface area contributed by atoms with Gasteiger partial charge in [-0.2, -0.15) is 0 Å². The molecule has 0 bridgehead atoms. The number of piperidine rings is 2. The van der Waals surface area contributed by atoms with Crippen LogP contribution in [0.2, 0.25) is 0 Å². The number of fused-ring (bicyclic) bond motifs is 2. The number of nitrogens with two attached hydrogens (primary N) is 1. The highest BCUT2D eigenvalue weighted by Crippen LogP contribution is 2.60. The molecular formula is C44H42N12O4. The van der Waals surface area contributed by atoms with Gasteiger partial charge in [-0.1, -0.05) is 0 Å². The number of carbonyl (C=O) groups is 4. The third-order valence-electron chi connectivity index (χ3n) is 12.8. The van der Waals surface area contributed by atoms with E-state index in [4.69, 9.17) is 15.7 Å². The summed E-state index contributed by atoms with van der Waals surface area (Å²) in [6, 6.07) is 11.3. The van der Waals surface area contributed by atoms with Crippen LogP contribution in [0.1, 0.15) is 49.7 Å². The molecule has 10 rings (SSSR count). The number of nitrogens with one attached hydrogen (secondary N) is 5. The molecule has 2 spiro atoms. The fourth-order valence-corrected chi connectivity index (χ4v) is 9.24. The van der Waals surface area contributed by atoms with Crippen LogP contribution in [0, 0.1) is 29.6 Å². The summed E-state index contributed by atoms with van der Waals surface area (Å²) in [6.45, 7) is 3.52. The first kappa shape index (κ1) is 37.2. The maximum atomic E-state index is 13.4. The lowest BCUT2D eigenvalue weighted by atomic mass is 9.91. The fraction of sp³-hybridized carbons (Fsp3) is 0.318. The smallest absolute Gasteiger partial charge is 0.229 e. The maximum Gasteiger partial charge on any atom is 0.229 e. The Labute approximate surface area is 344 Å². The molecule has 0 radical (unpaired) electrons. The second-order valence-electron chi connectivity index (χ2n) is 16.7. The molecule has 8 heterocycles. The summed E-state index contributed by atoms with van der Waals surface area (Å²) >= 11 is 0. The molecule has 16 heteroatoms. The van der Waals surface area contributed by atoms with Gasteiger partial charge in [0.15, 0.2) is 0 Å². The van der Waals surface area contributed by atoms with Gasteiger partial charge in [-0.25, -0.2) is 19.9 Å². The quantitative estimate of drug-likeness (QED) is 0.115. The predicted molar refractivity (Wildman–Crippen MR) is 225 cm³/mol. The lowest BCUT2D eigenvalue weighted by Crippen LogP contribution is -2.36. The number of amides is 4. The van der Waals surface area contributed by atoms with Gasteiger partial charge >= 0.3 is 0 Å². The number of nitrogens with zero attached hydrogens (tertiary/aromatic N) is 6. The van der Waals surface area contributed by atoms with E-state index in [0.29, 0.717) is 79.5 Å². The minimum absolute atomic E-state index is 0.00307. The number of hydrogen-bond donors (Lipinski definition) is 6. The van der Waals surface area contributed by atoms with Crippen LogP contribution in [0.25, 0.3) is 44.1 Å². The molecule has 6 aromatic rings. The summed E-state index contributed by atoms with van der Waals surface area (Å²) < 4.78 is 0. The van der Waals surface area contributed by atoms with Crippen molar-refractivity contribution in [2.75, 3.05) is 34.8 Å². The van der Waals surface area contributed by atoms with Crippen LogP contribution in [0.3, 0.4) is 0 Å². The maximum absolute atomic E-state index is 13.4. The Hall–Kier alpha value is -7.10. The van der Waals surface area contributed by atoms with Gasteiger partial charge in [0, 0.05) is 103 Å². The third kappa shape index (κ3) is 6.86. The van der Waals surface area contributed by atoms with Crippen LogP contribution in [-0.2, 0) is 25.7 Å². The highest BCUT2D eigenvalue weighted by atomic mass is 16.2. The Morgan fingerprint density at radius 2 is 1.32 bits per heavy atom. The number of aryl methyl sites for hydroxylation is 1. The van der Waals surface area contributed by atoms with Crippen molar-refractivity contribution in [1.29, 1.82) is 0 Å². The highest BCUT2D eigenvalue weighted by molar-refractivity contribution is 6.01. The monoisotopic (exact) mass is 802 g/mol. The van der Waals surface area contributed by atoms with E-state index in [2.05, 4.69) is 46.5 Å². The van der Waals surface area contributed by atoms with Crippen LogP contribution >= 0.6 is 0 Å². The molecule has 302 valence electrons. The molecule has 1 unspecified atom stereocenters. The van der Waals surface area contributed by atoms with Crippen molar-refractivity contribution in [2.45, 2.75) is 52.0 Å². The molecule has 4 fully saturated rings. The van der Waals surface area contributed by atoms with E-state index in [0.717, 1.165) is 51.3 Å². The second-order valence-corrected chi connectivity index (χ2v) is 16.7. The van der Waals surface area contributed by atoms with Crippen molar-refractivity contribution >= 4 is 68.4 Å². The summed E-state index contributed by atoms with van der Waals surface area (Å²) in [5.41, 5.74) is 10.8. The number of aromatic nitrogens is 6. The number of anilines is 4. The molecule has 4 amide bonds. The minimum atomic E-state index is -0.260. The summed E-state index contributed by atoms with van der Waals surface area (Å²) in [7, 11) is 0. The zero-order valence-corrected chi connectivity index (χ0v) is 32.8. The van der Waals surface area contributed by atoms with Gasteiger partial charge in [0.2, 0.25) is 23.6 Å². The summed E-state index contributed by atoms with van der Waals surface area (Å²) in [4.78, 5) is 78.4. The zero-order valence-electron chi connectivity index (χ0n) is 32.8. The van der Waals surface area contributed by atoms with Crippen LogP contribution in [-0.4, -0.2) is 66.6 Å². The first-order valence-corrected chi connectivity index (χ1v) is 20.2. The molecule has 2 aliphatic carbocycles. The average Bonchev–Trinajstić information content (AvgIpc) is 4.13. The molecule has 7 N–H and O–H groups in total. The number of rotatable bonds is 9. The number of nitrogen functional groups attached to an aromatic ring is 1. The molecule has 2 saturated carbocycles. The highest BCUT2D eigenvalue weighted by Gasteiger charge is 2.60. The summed E-state index contributed by atoms with van der Waals surface area (Å²) in [5, 5.41) is 18.2. The van der Waals surface area contributed by atoms with Crippen molar-refractivity contribution in [3.8, 4) is 22.5 Å². The molecular weight excluding hydrogens is 761 g/mol. The van der Waals surface area contributed by atoms with Crippen LogP contribution < -0.4 is 32.3 Å². The van der Waals surface area contributed by atoms with E-state index in [-0.39, 0.29) is 52.1 Å². The van der Waals surface area contributed by atoms with E-state index < -0.39 is 0 Å². The second kappa shape index (κ2) is 14.3. The standard InChI is InChI=1S/C44H42N12O4/c1-23-2-6-46-19-27(23)33-11-26-13-36(56-42(60)32-15-44(32)5-9-49-38(58)17-44)51-22-30(26)40(54-33)52-18-24-3-7-47-20-28(24)34-10-25-12-35(50-21-29(25)39(45)53-34)55-41(59)31-14-43(31)4-8-48-37(57)16-43/h2-3,6-7,10-13,19-22,31-32H,4-5,8-9,14-18H2,1H3,(H2,45,53)(H,48,57)(H,49,58)(H,52,54)(H,50,55,59)(H,51,56,60)/t31?,32-,43+,44-/m0/s1. The molecule has 2 saturated heterocycles. The van der Waals surface area contributed by atoms with Crippen LogP contribution in [0.4, 0.5) is 23.3 Å². The van der Waals surface area contributed by atoms with Gasteiger partial charge in [0.25, 0.3) is 0 Å². The van der Waals surface area contributed by atoms with E-state index in [1.807, 2.05) is 37.3 Å². The Kier molecular flexibility index (Phi) is 8.88. The van der Waals surface area contributed by atoms with E-state index in [9.17, 15) is 19.2 Å². The van der Waals surface area contributed by atoms with Crippen molar-refractivity contribution in [3.05, 3.63) is 84.7 Å². The van der Waals surface area contributed by atoms with Gasteiger partial charge in [0.05, 0.1) is 11.4 Å². The van der Waals surface area contributed by atoms with Crippen LogP contribution in [0.5, 0.6) is 0 Å². The van der Waals surface area contributed by atoms with E-state index >= 15 is 0 Å². The normalized spacial score (nSPS) is 22.9. The zero-order chi connectivity index (χ0) is 41.2.